The fourth-order valence-corrected chi connectivity index (χ4v) is 3.52. The van der Waals surface area contributed by atoms with E-state index in [0.29, 0.717) is 11.3 Å². The van der Waals surface area contributed by atoms with Crippen molar-refractivity contribution >= 4 is 23.2 Å². The van der Waals surface area contributed by atoms with E-state index in [-0.39, 0.29) is 11.4 Å². The van der Waals surface area contributed by atoms with Crippen molar-refractivity contribution in [2.24, 2.45) is 5.73 Å². The highest BCUT2D eigenvalue weighted by atomic mass is 19.4. The monoisotopic (exact) mass is 486 g/mol. The maximum absolute atomic E-state index is 13.1. The largest absolute Gasteiger partial charge is 0.416 e. The van der Waals surface area contributed by atoms with Crippen LogP contribution in [0.1, 0.15) is 52.1 Å². The van der Waals surface area contributed by atoms with Crippen molar-refractivity contribution < 1.29 is 22.8 Å². The summed E-state index contributed by atoms with van der Waals surface area (Å²) < 4.78 is 39.4. The molecule has 11 heteroatoms. The van der Waals surface area contributed by atoms with Crippen LogP contribution in [0, 0.1) is 0 Å². The highest BCUT2D eigenvalue weighted by molar-refractivity contribution is 6.06. The average molecular weight is 486 g/mol. The minimum absolute atomic E-state index is 0.184. The number of nitrogens with one attached hydrogen (secondary N) is 1. The third-order valence-electron chi connectivity index (χ3n) is 5.28. The van der Waals surface area contributed by atoms with Crippen LogP contribution in [0.15, 0.2) is 61.3 Å². The van der Waals surface area contributed by atoms with E-state index in [1.807, 2.05) is 0 Å². The molecular formula is C24H25F3N6O2. The van der Waals surface area contributed by atoms with Crippen molar-refractivity contribution in [3.63, 3.8) is 0 Å². The molecule has 3 aromatic rings. The molecule has 4 rings (SSSR count). The molecule has 8 nitrogen and oxygen atoms in total. The normalized spacial score (nSPS) is 13.7. The first-order valence-corrected chi connectivity index (χ1v) is 11.0. The number of hydrogen-bond donors (Lipinski definition) is 2. The van der Waals surface area contributed by atoms with Crippen LogP contribution in [0.4, 0.5) is 24.5 Å². The number of halogens is 3. The Balaban J connectivity index is 0.000000320. The van der Waals surface area contributed by atoms with Crippen molar-refractivity contribution in [1.29, 1.82) is 0 Å². The molecule has 3 N–H and O–H groups in total. The van der Waals surface area contributed by atoms with Gasteiger partial charge < -0.3 is 16.0 Å². The summed E-state index contributed by atoms with van der Waals surface area (Å²) in [7, 11) is 0. The second-order valence-electron chi connectivity index (χ2n) is 7.78. The third kappa shape index (κ3) is 7.49. The number of anilines is 2. The van der Waals surface area contributed by atoms with Crippen molar-refractivity contribution in [2.45, 2.75) is 31.9 Å². The second-order valence-corrected chi connectivity index (χ2v) is 7.78. The van der Waals surface area contributed by atoms with Gasteiger partial charge in [0.05, 0.1) is 23.1 Å². The molecule has 1 aliphatic rings. The zero-order valence-electron chi connectivity index (χ0n) is 18.8. The Morgan fingerprint density at radius 1 is 0.914 bits per heavy atom. The number of hydrogen-bond acceptors (Lipinski definition) is 6. The van der Waals surface area contributed by atoms with E-state index in [9.17, 15) is 22.8 Å². The fraction of sp³-hybridized carbons (Fsp3) is 0.292. The molecule has 0 atom stereocenters. The van der Waals surface area contributed by atoms with E-state index in [4.69, 9.17) is 5.73 Å². The minimum Gasteiger partial charge on any atom is -0.370 e. The highest BCUT2D eigenvalue weighted by Crippen LogP contribution is 2.36. The standard InChI is InChI=1S/C19H20F3N3O.C5H5N3O/c20-19(21,22)15-5-6-17(25-11-3-1-2-4-12-25)16(13-15)24-18(26)14-7-9-23-10-8-14;6-5(9)4-3-7-1-2-8-4/h5-10,13H,1-4,11-12H2,(H,24,26);1-3H,(H2,6,9). The van der Waals surface area contributed by atoms with E-state index in [0.717, 1.165) is 50.9 Å². The third-order valence-corrected chi connectivity index (χ3v) is 5.28. The van der Waals surface area contributed by atoms with E-state index < -0.39 is 23.6 Å². The number of pyridine rings is 1. The SMILES string of the molecule is NC(=O)c1cnccn1.O=C(Nc1cc(C(F)(F)F)ccc1N1CCCCCC1)c1ccncc1. The lowest BCUT2D eigenvalue weighted by molar-refractivity contribution is -0.137. The molecule has 1 aliphatic heterocycles. The Kier molecular flexibility index (Phi) is 8.71. The first-order chi connectivity index (χ1) is 16.8. The van der Waals surface area contributed by atoms with Gasteiger partial charge in [-0.15, -0.1) is 0 Å². The van der Waals surface area contributed by atoms with Gasteiger partial charge in [-0.3, -0.25) is 19.6 Å². The van der Waals surface area contributed by atoms with Crippen LogP contribution in [0.2, 0.25) is 0 Å². The molecule has 0 unspecified atom stereocenters. The lowest BCUT2D eigenvalue weighted by atomic mass is 10.1. The van der Waals surface area contributed by atoms with E-state index in [1.165, 1.54) is 49.2 Å². The van der Waals surface area contributed by atoms with Gasteiger partial charge in [0.1, 0.15) is 5.69 Å². The van der Waals surface area contributed by atoms with Gasteiger partial charge in [0.2, 0.25) is 0 Å². The van der Waals surface area contributed by atoms with Gasteiger partial charge in [0, 0.05) is 43.4 Å². The molecular weight excluding hydrogens is 461 g/mol. The van der Waals surface area contributed by atoms with Crippen LogP contribution in [0.25, 0.3) is 0 Å². The van der Waals surface area contributed by atoms with Crippen LogP contribution in [-0.4, -0.2) is 39.9 Å². The quantitative estimate of drug-likeness (QED) is 0.568. The van der Waals surface area contributed by atoms with E-state index >= 15 is 0 Å². The van der Waals surface area contributed by atoms with Crippen LogP contribution in [0.5, 0.6) is 0 Å². The average Bonchev–Trinajstić information content (AvgIpc) is 3.14. The molecule has 0 bridgehead atoms. The van der Waals surface area contributed by atoms with Crippen molar-refractivity contribution in [1.82, 2.24) is 15.0 Å². The summed E-state index contributed by atoms with van der Waals surface area (Å²) in [6, 6.07) is 6.58. The number of carbonyl (C=O) groups excluding carboxylic acids is 2. The Labute approximate surface area is 200 Å². The predicted molar refractivity (Wildman–Crippen MR) is 125 cm³/mol. The van der Waals surface area contributed by atoms with E-state index in [2.05, 4.69) is 25.2 Å². The topological polar surface area (TPSA) is 114 Å². The zero-order chi connectivity index (χ0) is 25.3. The van der Waals surface area contributed by atoms with Gasteiger partial charge in [-0.25, -0.2) is 4.98 Å². The van der Waals surface area contributed by atoms with E-state index in [1.54, 1.807) is 0 Å². The number of carbonyl (C=O) groups is 2. The Morgan fingerprint density at radius 3 is 2.14 bits per heavy atom. The summed E-state index contributed by atoms with van der Waals surface area (Å²) in [6.45, 7) is 1.53. The first-order valence-electron chi connectivity index (χ1n) is 11.0. The summed E-state index contributed by atoms with van der Waals surface area (Å²) in [5.74, 6) is -1.01. The zero-order valence-corrected chi connectivity index (χ0v) is 18.8. The van der Waals surface area contributed by atoms with Gasteiger partial charge in [-0.1, -0.05) is 12.8 Å². The number of alkyl halides is 3. The smallest absolute Gasteiger partial charge is 0.370 e. The highest BCUT2D eigenvalue weighted by Gasteiger charge is 2.31. The molecule has 2 amide bonds. The molecule has 0 radical (unpaired) electrons. The Morgan fingerprint density at radius 2 is 1.60 bits per heavy atom. The number of nitrogens with two attached hydrogens (primary N) is 1. The lowest BCUT2D eigenvalue weighted by Gasteiger charge is -2.26. The maximum Gasteiger partial charge on any atom is 0.416 e. The lowest BCUT2D eigenvalue weighted by Crippen LogP contribution is -2.26. The molecule has 0 spiro atoms. The first kappa shape index (κ1) is 25.6. The molecule has 35 heavy (non-hydrogen) atoms. The molecule has 1 saturated heterocycles. The molecule has 0 aliphatic carbocycles. The van der Waals surface area contributed by atoms with Gasteiger partial charge in [0.25, 0.3) is 11.8 Å². The minimum atomic E-state index is -4.46. The number of amides is 2. The van der Waals surface area contributed by atoms with Gasteiger partial charge in [0.15, 0.2) is 0 Å². The molecule has 1 aromatic carbocycles. The molecule has 184 valence electrons. The van der Waals surface area contributed by atoms with Crippen LogP contribution in [-0.2, 0) is 6.18 Å². The molecule has 3 heterocycles. The van der Waals surface area contributed by atoms with Crippen molar-refractivity contribution in [3.8, 4) is 0 Å². The number of benzene rings is 1. The second kappa shape index (κ2) is 11.9. The number of primary amides is 1. The number of nitrogens with zero attached hydrogens (tertiary/aromatic N) is 4. The predicted octanol–water partition coefficient (Wildman–Crippen LogP) is 4.31. The van der Waals surface area contributed by atoms with Crippen LogP contribution < -0.4 is 16.0 Å². The maximum atomic E-state index is 13.1. The van der Waals surface area contributed by atoms with Gasteiger partial charge in [-0.2, -0.15) is 13.2 Å². The summed E-state index contributed by atoms with van der Waals surface area (Å²) in [5, 5.41) is 2.65. The van der Waals surface area contributed by atoms with Crippen LogP contribution >= 0.6 is 0 Å². The van der Waals surface area contributed by atoms with Crippen molar-refractivity contribution in [3.05, 3.63) is 78.1 Å². The summed E-state index contributed by atoms with van der Waals surface area (Å²) in [6.07, 6.45) is 6.87. The Bertz CT molecular complexity index is 1120. The number of rotatable bonds is 4. The van der Waals surface area contributed by atoms with Gasteiger partial charge >= 0.3 is 6.18 Å². The summed E-state index contributed by atoms with van der Waals surface area (Å²) >= 11 is 0. The Hall–Kier alpha value is -4.02. The summed E-state index contributed by atoms with van der Waals surface area (Å²) in [4.78, 5) is 35.9. The number of aromatic nitrogens is 3. The fourth-order valence-electron chi connectivity index (χ4n) is 3.52. The molecule has 2 aromatic heterocycles. The molecule has 1 fully saturated rings. The van der Waals surface area contributed by atoms with Gasteiger partial charge in [-0.05, 0) is 43.2 Å². The molecule has 0 saturated carbocycles. The van der Waals surface area contributed by atoms with Crippen molar-refractivity contribution in [2.75, 3.05) is 23.3 Å². The summed E-state index contributed by atoms with van der Waals surface area (Å²) in [5.41, 5.74) is 5.45. The van der Waals surface area contributed by atoms with Crippen LogP contribution in [0.3, 0.4) is 0 Å².